The summed E-state index contributed by atoms with van der Waals surface area (Å²) in [5.41, 5.74) is 1.42. The molecular weight excluding hydrogens is 348 g/mol. The van der Waals surface area contributed by atoms with E-state index in [9.17, 15) is 4.79 Å². The van der Waals surface area contributed by atoms with Crippen LogP contribution in [0.25, 0.3) is 27.6 Å². The summed E-state index contributed by atoms with van der Waals surface area (Å²) >= 11 is 0. The van der Waals surface area contributed by atoms with Crippen LogP contribution in [0.4, 0.5) is 0 Å². The lowest BCUT2D eigenvalue weighted by molar-refractivity contribution is -0.136. The number of carbonyl (C=O) groups is 1. The first-order chi connectivity index (χ1) is 13.7. The molecule has 0 unspecified atom stereocenters. The van der Waals surface area contributed by atoms with E-state index in [0.717, 1.165) is 27.1 Å². The van der Waals surface area contributed by atoms with Gasteiger partial charge in [0.1, 0.15) is 12.4 Å². The predicted molar refractivity (Wildman–Crippen MR) is 113 cm³/mol. The summed E-state index contributed by atoms with van der Waals surface area (Å²) in [4.78, 5) is 12.3. The van der Waals surface area contributed by atoms with Crippen molar-refractivity contribution < 1.29 is 14.3 Å². The van der Waals surface area contributed by atoms with Gasteiger partial charge in [-0.1, -0.05) is 72.8 Å². The molecule has 0 bridgehead atoms. The molecule has 3 heteroatoms. The zero-order valence-corrected chi connectivity index (χ0v) is 15.6. The standard InChI is InChI=1S/C25H20O3/c1-27-25(26)22(15-21-11-6-10-19-8-4-5-12-24(19)21)17-28-23-14-13-18-7-2-3-9-20(18)16-23/h2-16H,17H2,1H3/b22-15+. The SMILES string of the molecule is COC(=O)/C(=C/c1cccc2ccccc12)COc1ccc2ccccc2c1. The molecule has 0 radical (unpaired) electrons. The molecule has 28 heavy (non-hydrogen) atoms. The van der Waals surface area contributed by atoms with Crippen LogP contribution >= 0.6 is 0 Å². The lowest BCUT2D eigenvalue weighted by Crippen LogP contribution is -2.12. The first-order valence-corrected chi connectivity index (χ1v) is 9.13. The van der Waals surface area contributed by atoms with E-state index < -0.39 is 5.97 Å². The molecule has 0 saturated carbocycles. The van der Waals surface area contributed by atoms with E-state index in [4.69, 9.17) is 9.47 Å². The van der Waals surface area contributed by atoms with Gasteiger partial charge in [-0.25, -0.2) is 4.79 Å². The van der Waals surface area contributed by atoms with Gasteiger partial charge in [-0.05, 0) is 45.3 Å². The average Bonchev–Trinajstić information content (AvgIpc) is 2.76. The highest BCUT2D eigenvalue weighted by Crippen LogP contribution is 2.23. The quantitative estimate of drug-likeness (QED) is 0.338. The highest BCUT2D eigenvalue weighted by molar-refractivity contribution is 5.98. The Kier molecular flexibility index (Phi) is 5.07. The van der Waals surface area contributed by atoms with Crippen molar-refractivity contribution in [3.05, 3.63) is 96.1 Å². The van der Waals surface area contributed by atoms with E-state index in [1.165, 1.54) is 7.11 Å². The summed E-state index contributed by atoms with van der Waals surface area (Å²) in [5, 5.41) is 4.44. The van der Waals surface area contributed by atoms with Crippen molar-refractivity contribution in [1.29, 1.82) is 0 Å². The minimum atomic E-state index is -0.395. The van der Waals surface area contributed by atoms with Crippen molar-refractivity contribution in [3.63, 3.8) is 0 Å². The Balaban J connectivity index is 1.64. The zero-order valence-electron chi connectivity index (χ0n) is 15.6. The van der Waals surface area contributed by atoms with Crippen molar-refractivity contribution in [2.45, 2.75) is 0 Å². The molecule has 0 spiro atoms. The molecule has 0 N–H and O–H groups in total. The lowest BCUT2D eigenvalue weighted by atomic mass is 10.0. The molecule has 4 rings (SSSR count). The number of ether oxygens (including phenoxy) is 2. The van der Waals surface area contributed by atoms with E-state index >= 15 is 0 Å². The third-order valence-corrected chi connectivity index (χ3v) is 4.72. The number of carbonyl (C=O) groups excluding carboxylic acids is 1. The molecule has 138 valence electrons. The second-order valence-corrected chi connectivity index (χ2v) is 6.53. The second-order valence-electron chi connectivity index (χ2n) is 6.53. The van der Waals surface area contributed by atoms with Crippen LogP contribution in [0, 0.1) is 0 Å². The molecule has 0 amide bonds. The van der Waals surface area contributed by atoms with E-state index in [2.05, 4.69) is 18.2 Å². The zero-order chi connectivity index (χ0) is 19.3. The normalized spacial score (nSPS) is 11.5. The number of hydrogen-bond donors (Lipinski definition) is 0. The Labute approximate surface area is 163 Å². The van der Waals surface area contributed by atoms with Crippen LogP contribution in [-0.2, 0) is 9.53 Å². The van der Waals surface area contributed by atoms with Gasteiger partial charge in [-0.15, -0.1) is 0 Å². The average molecular weight is 368 g/mol. The molecule has 4 aromatic rings. The largest absolute Gasteiger partial charge is 0.489 e. The van der Waals surface area contributed by atoms with Gasteiger partial charge in [0.25, 0.3) is 0 Å². The minimum absolute atomic E-state index is 0.133. The molecule has 0 fully saturated rings. The molecule has 3 nitrogen and oxygen atoms in total. The number of benzene rings is 4. The third kappa shape index (κ3) is 3.74. The number of hydrogen-bond acceptors (Lipinski definition) is 3. The van der Waals surface area contributed by atoms with Gasteiger partial charge in [0, 0.05) is 0 Å². The monoisotopic (exact) mass is 368 g/mol. The summed E-state index contributed by atoms with van der Waals surface area (Å²) in [6.45, 7) is 0.133. The lowest BCUT2D eigenvalue weighted by Gasteiger charge is -2.10. The van der Waals surface area contributed by atoms with Crippen molar-refractivity contribution in [1.82, 2.24) is 0 Å². The summed E-state index contributed by atoms with van der Waals surface area (Å²) in [5.74, 6) is 0.320. The van der Waals surface area contributed by atoms with Crippen LogP contribution in [0.15, 0.2) is 90.5 Å². The van der Waals surface area contributed by atoms with Gasteiger partial charge in [0.2, 0.25) is 0 Å². The third-order valence-electron chi connectivity index (χ3n) is 4.72. The summed E-state index contributed by atoms with van der Waals surface area (Å²) in [6, 6.07) is 28.1. The molecule has 0 saturated heterocycles. The van der Waals surface area contributed by atoms with Crippen LogP contribution in [-0.4, -0.2) is 19.7 Å². The molecule has 0 atom stereocenters. The Morgan fingerprint density at radius 2 is 1.54 bits per heavy atom. The molecular formula is C25H20O3. The maximum absolute atomic E-state index is 12.3. The summed E-state index contributed by atoms with van der Waals surface area (Å²) in [6.07, 6.45) is 1.84. The number of rotatable bonds is 5. The molecule has 4 aromatic carbocycles. The van der Waals surface area contributed by atoms with E-state index in [0.29, 0.717) is 11.3 Å². The Bertz CT molecular complexity index is 1170. The molecule has 0 aliphatic carbocycles. The summed E-state index contributed by atoms with van der Waals surface area (Å²) < 4.78 is 10.9. The topological polar surface area (TPSA) is 35.5 Å². The number of fused-ring (bicyclic) bond motifs is 2. The van der Waals surface area contributed by atoms with Crippen molar-refractivity contribution in [3.8, 4) is 5.75 Å². The van der Waals surface area contributed by atoms with Gasteiger partial charge in [-0.2, -0.15) is 0 Å². The van der Waals surface area contributed by atoms with Gasteiger partial charge < -0.3 is 9.47 Å². The van der Waals surface area contributed by atoms with Crippen LogP contribution in [0.1, 0.15) is 5.56 Å². The van der Waals surface area contributed by atoms with Gasteiger partial charge in [0.05, 0.1) is 12.7 Å². The Morgan fingerprint density at radius 1 is 0.821 bits per heavy atom. The van der Waals surface area contributed by atoms with Crippen LogP contribution < -0.4 is 4.74 Å². The van der Waals surface area contributed by atoms with Gasteiger partial charge in [-0.3, -0.25) is 0 Å². The molecule has 0 heterocycles. The Hall–Kier alpha value is -3.59. The van der Waals surface area contributed by atoms with Crippen LogP contribution in [0.5, 0.6) is 5.75 Å². The van der Waals surface area contributed by atoms with E-state index in [1.807, 2.05) is 72.8 Å². The fourth-order valence-electron chi connectivity index (χ4n) is 3.27. The first kappa shape index (κ1) is 17.8. The number of esters is 1. The van der Waals surface area contributed by atoms with Crippen molar-refractivity contribution >= 4 is 33.6 Å². The summed E-state index contributed by atoms with van der Waals surface area (Å²) in [7, 11) is 1.38. The van der Waals surface area contributed by atoms with E-state index in [-0.39, 0.29) is 6.61 Å². The molecule has 0 aliphatic heterocycles. The minimum Gasteiger partial charge on any atom is -0.489 e. The fourth-order valence-corrected chi connectivity index (χ4v) is 3.27. The van der Waals surface area contributed by atoms with E-state index in [1.54, 1.807) is 0 Å². The highest BCUT2D eigenvalue weighted by atomic mass is 16.5. The second kappa shape index (κ2) is 7.97. The fraction of sp³-hybridized carbons (Fsp3) is 0.0800. The smallest absolute Gasteiger partial charge is 0.337 e. The van der Waals surface area contributed by atoms with Gasteiger partial charge in [0.15, 0.2) is 0 Å². The maximum Gasteiger partial charge on any atom is 0.337 e. The van der Waals surface area contributed by atoms with Crippen LogP contribution in [0.2, 0.25) is 0 Å². The first-order valence-electron chi connectivity index (χ1n) is 9.13. The van der Waals surface area contributed by atoms with Crippen molar-refractivity contribution in [2.75, 3.05) is 13.7 Å². The predicted octanol–water partition coefficient (Wildman–Crippen LogP) is 5.63. The highest BCUT2D eigenvalue weighted by Gasteiger charge is 2.12. The van der Waals surface area contributed by atoms with Crippen molar-refractivity contribution in [2.24, 2.45) is 0 Å². The Morgan fingerprint density at radius 3 is 2.36 bits per heavy atom. The number of methoxy groups -OCH3 is 1. The van der Waals surface area contributed by atoms with Gasteiger partial charge >= 0.3 is 5.97 Å². The molecule has 0 aromatic heterocycles. The molecule has 0 aliphatic rings. The van der Waals surface area contributed by atoms with Crippen LogP contribution in [0.3, 0.4) is 0 Å². The maximum atomic E-state index is 12.3.